The van der Waals surface area contributed by atoms with E-state index < -0.39 is 0 Å². The molecule has 0 aliphatic carbocycles. The Morgan fingerprint density at radius 3 is 2.92 bits per heavy atom. The van der Waals surface area contributed by atoms with Crippen molar-refractivity contribution < 1.29 is 14.3 Å². The molecular formula is C17H15N3O3S2. The van der Waals surface area contributed by atoms with Crippen LogP contribution in [-0.4, -0.2) is 35.6 Å². The van der Waals surface area contributed by atoms with Crippen LogP contribution in [0.5, 0.6) is 5.75 Å². The summed E-state index contributed by atoms with van der Waals surface area (Å²) in [6, 6.07) is 9.16. The van der Waals surface area contributed by atoms with Gasteiger partial charge in [-0.3, -0.25) is 9.20 Å². The Morgan fingerprint density at radius 1 is 1.28 bits per heavy atom. The predicted molar refractivity (Wildman–Crippen MR) is 100 cm³/mol. The minimum atomic E-state index is -0.139. The number of aromatic nitrogens is 2. The minimum absolute atomic E-state index is 0.139. The van der Waals surface area contributed by atoms with Crippen molar-refractivity contribution in [3.8, 4) is 5.75 Å². The van der Waals surface area contributed by atoms with Crippen molar-refractivity contribution in [3.05, 3.63) is 46.8 Å². The largest absolute Gasteiger partial charge is 0.491 e. The summed E-state index contributed by atoms with van der Waals surface area (Å²) in [5.74, 6) is 0.602. The Kier molecular flexibility index (Phi) is 4.39. The van der Waals surface area contributed by atoms with Crippen LogP contribution in [-0.2, 0) is 4.74 Å². The molecule has 0 radical (unpaired) electrons. The lowest BCUT2D eigenvalue weighted by Crippen LogP contribution is -2.10. The van der Waals surface area contributed by atoms with Crippen LogP contribution in [0.15, 0.2) is 41.9 Å². The molecule has 4 aromatic rings. The molecule has 8 heteroatoms. The number of thiazole rings is 1. The van der Waals surface area contributed by atoms with E-state index in [0.29, 0.717) is 18.1 Å². The molecule has 0 aliphatic heterocycles. The maximum Gasteiger partial charge on any atom is 0.265 e. The zero-order chi connectivity index (χ0) is 17.2. The van der Waals surface area contributed by atoms with Gasteiger partial charge in [0.15, 0.2) is 4.96 Å². The van der Waals surface area contributed by atoms with E-state index in [1.807, 2.05) is 46.3 Å². The van der Waals surface area contributed by atoms with E-state index in [9.17, 15) is 4.79 Å². The number of carbonyl (C=O) groups excluding carboxylic acids is 1. The van der Waals surface area contributed by atoms with Gasteiger partial charge in [0, 0.05) is 24.4 Å². The molecule has 0 spiro atoms. The first-order valence-corrected chi connectivity index (χ1v) is 9.32. The Hall–Kier alpha value is -2.42. The lowest BCUT2D eigenvalue weighted by atomic mass is 10.3. The third-order valence-electron chi connectivity index (χ3n) is 3.63. The molecule has 128 valence electrons. The zero-order valence-electron chi connectivity index (χ0n) is 13.4. The number of nitrogens with one attached hydrogen (secondary N) is 1. The molecule has 1 aromatic carbocycles. The standard InChI is InChI=1S/C17H15N3O3S2/c1-22-7-8-23-12-4-2-11(3-5-12)18-15(21)14-10-13-16(25-14)19-17-20(13)6-9-24-17/h2-6,9-10H,7-8H2,1H3,(H,18,21). The van der Waals surface area contributed by atoms with Gasteiger partial charge in [0.2, 0.25) is 0 Å². The molecule has 0 atom stereocenters. The Balaban J connectivity index is 1.46. The number of thiophene rings is 1. The second-order valence-corrected chi connectivity index (χ2v) is 7.19. The van der Waals surface area contributed by atoms with Crippen LogP contribution in [0.4, 0.5) is 5.69 Å². The molecule has 0 saturated heterocycles. The van der Waals surface area contributed by atoms with Crippen LogP contribution in [0.1, 0.15) is 9.67 Å². The van der Waals surface area contributed by atoms with Crippen LogP contribution in [0.25, 0.3) is 15.3 Å². The van der Waals surface area contributed by atoms with Gasteiger partial charge in [0.25, 0.3) is 5.91 Å². The number of amides is 1. The number of anilines is 1. The number of methoxy groups -OCH3 is 1. The summed E-state index contributed by atoms with van der Waals surface area (Å²) >= 11 is 2.98. The van der Waals surface area contributed by atoms with E-state index in [1.54, 1.807) is 18.4 Å². The number of hydrogen-bond donors (Lipinski definition) is 1. The van der Waals surface area contributed by atoms with Crippen LogP contribution < -0.4 is 10.1 Å². The van der Waals surface area contributed by atoms with Crippen molar-refractivity contribution in [1.82, 2.24) is 9.38 Å². The second-order valence-electron chi connectivity index (χ2n) is 5.29. The Labute approximate surface area is 151 Å². The van der Waals surface area contributed by atoms with Gasteiger partial charge in [-0.05, 0) is 30.3 Å². The van der Waals surface area contributed by atoms with Crippen molar-refractivity contribution in [2.24, 2.45) is 0 Å². The number of carbonyl (C=O) groups is 1. The SMILES string of the molecule is COCCOc1ccc(NC(=O)c2cc3c(nc4sccn43)s2)cc1. The highest BCUT2D eigenvalue weighted by atomic mass is 32.1. The van der Waals surface area contributed by atoms with Crippen LogP contribution in [0.2, 0.25) is 0 Å². The predicted octanol–water partition coefficient (Wildman–Crippen LogP) is 3.89. The fourth-order valence-corrected chi connectivity index (χ4v) is 4.12. The van der Waals surface area contributed by atoms with Crippen molar-refractivity contribution >= 4 is 49.6 Å². The average Bonchev–Trinajstić information content (AvgIpc) is 3.28. The van der Waals surface area contributed by atoms with Crippen molar-refractivity contribution in [2.75, 3.05) is 25.6 Å². The molecule has 0 fully saturated rings. The molecule has 0 bridgehead atoms. The average molecular weight is 373 g/mol. The summed E-state index contributed by atoms with van der Waals surface area (Å²) < 4.78 is 12.4. The quantitative estimate of drug-likeness (QED) is 0.521. The van der Waals surface area contributed by atoms with Gasteiger partial charge < -0.3 is 14.8 Å². The highest BCUT2D eigenvalue weighted by Crippen LogP contribution is 2.28. The number of hydrogen-bond acceptors (Lipinski definition) is 6. The zero-order valence-corrected chi connectivity index (χ0v) is 15.0. The lowest BCUT2D eigenvalue weighted by Gasteiger charge is -2.07. The summed E-state index contributed by atoms with van der Waals surface area (Å²) in [7, 11) is 1.63. The van der Waals surface area contributed by atoms with Gasteiger partial charge >= 0.3 is 0 Å². The van der Waals surface area contributed by atoms with E-state index in [-0.39, 0.29) is 5.91 Å². The van der Waals surface area contributed by atoms with Gasteiger partial charge in [-0.2, -0.15) is 0 Å². The lowest BCUT2D eigenvalue weighted by molar-refractivity contribution is 0.103. The smallest absolute Gasteiger partial charge is 0.265 e. The normalized spacial score (nSPS) is 11.2. The number of ether oxygens (including phenoxy) is 2. The first-order chi connectivity index (χ1) is 12.2. The molecule has 0 aliphatic rings. The number of rotatable bonds is 6. The molecule has 4 rings (SSSR count). The van der Waals surface area contributed by atoms with E-state index in [4.69, 9.17) is 9.47 Å². The summed E-state index contributed by atoms with van der Waals surface area (Å²) in [5.41, 5.74) is 1.69. The summed E-state index contributed by atoms with van der Waals surface area (Å²) in [5, 5.41) is 4.88. The van der Waals surface area contributed by atoms with Gasteiger partial charge in [-0.15, -0.1) is 22.7 Å². The minimum Gasteiger partial charge on any atom is -0.491 e. The topological polar surface area (TPSA) is 64.9 Å². The van der Waals surface area contributed by atoms with Crippen molar-refractivity contribution in [1.29, 1.82) is 0 Å². The van der Waals surface area contributed by atoms with Gasteiger partial charge in [0.1, 0.15) is 17.2 Å². The molecule has 25 heavy (non-hydrogen) atoms. The number of fused-ring (bicyclic) bond motifs is 3. The Bertz CT molecular complexity index is 1020. The van der Waals surface area contributed by atoms with Crippen molar-refractivity contribution in [2.45, 2.75) is 0 Å². The summed E-state index contributed by atoms with van der Waals surface area (Å²) in [6.45, 7) is 1.03. The number of imidazole rings is 1. The third-order valence-corrected chi connectivity index (χ3v) is 5.41. The summed E-state index contributed by atoms with van der Waals surface area (Å²) in [4.78, 5) is 19.4. The molecule has 0 unspecified atom stereocenters. The molecule has 1 amide bonds. The molecule has 3 aromatic heterocycles. The molecule has 6 nitrogen and oxygen atoms in total. The highest BCUT2D eigenvalue weighted by Gasteiger charge is 2.15. The van der Waals surface area contributed by atoms with E-state index in [0.717, 1.165) is 26.7 Å². The first kappa shape index (κ1) is 16.1. The Morgan fingerprint density at radius 2 is 2.12 bits per heavy atom. The fourth-order valence-electron chi connectivity index (χ4n) is 2.43. The van der Waals surface area contributed by atoms with E-state index >= 15 is 0 Å². The van der Waals surface area contributed by atoms with Crippen molar-refractivity contribution in [3.63, 3.8) is 0 Å². The van der Waals surface area contributed by atoms with Crippen LogP contribution >= 0.6 is 22.7 Å². The third kappa shape index (κ3) is 3.23. The first-order valence-electron chi connectivity index (χ1n) is 7.63. The van der Waals surface area contributed by atoms with E-state index in [1.165, 1.54) is 11.3 Å². The van der Waals surface area contributed by atoms with Crippen LogP contribution in [0.3, 0.4) is 0 Å². The molecule has 3 heterocycles. The number of benzene rings is 1. The molecule has 1 N–H and O–H groups in total. The molecular weight excluding hydrogens is 358 g/mol. The van der Waals surface area contributed by atoms with Gasteiger partial charge in [-0.1, -0.05) is 0 Å². The maximum absolute atomic E-state index is 12.5. The van der Waals surface area contributed by atoms with E-state index in [2.05, 4.69) is 10.3 Å². The number of nitrogens with zero attached hydrogens (tertiary/aromatic N) is 2. The molecule has 0 saturated carbocycles. The fraction of sp³-hybridized carbons (Fsp3) is 0.176. The summed E-state index contributed by atoms with van der Waals surface area (Å²) in [6.07, 6.45) is 1.96. The van der Waals surface area contributed by atoms with Gasteiger partial charge in [0.05, 0.1) is 17.0 Å². The maximum atomic E-state index is 12.5. The van der Waals surface area contributed by atoms with Crippen LogP contribution in [0, 0.1) is 0 Å². The van der Waals surface area contributed by atoms with Gasteiger partial charge in [-0.25, -0.2) is 4.98 Å². The highest BCUT2D eigenvalue weighted by molar-refractivity contribution is 7.21. The second kappa shape index (κ2) is 6.83. The monoisotopic (exact) mass is 373 g/mol.